The molecule has 2 N–H and O–H groups in total. The van der Waals surface area contributed by atoms with Gasteiger partial charge in [0, 0.05) is 5.69 Å². The van der Waals surface area contributed by atoms with E-state index in [1.807, 2.05) is 0 Å². The highest BCUT2D eigenvalue weighted by Gasteiger charge is 2.04. The third kappa shape index (κ3) is 4.91. The molecule has 0 saturated heterocycles. The quantitative estimate of drug-likeness (QED) is 0.764. The Hall–Kier alpha value is -1.49. The van der Waals surface area contributed by atoms with Gasteiger partial charge in [0.15, 0.2) is 0 Å². The summed E-state index contributed by atoms with van der Waals surface area (Å²) in [7, 11) is 0. The third-order valence-electron chi connectivity index (χ3n) is 2.00. The number of rotatable bonds is 6. The molecule has 0 atom stereocenters. The molecule has 17 heavy (non-hydrogen) atoms. The number of carboxylic acid groups (broad SMARTS) is 1. The number of hydrogen-bond acceptors (Lipinski definition) is 3. The van der Waals surface area contributed by atoms with Crippen LogP contribution in [-0.2, 0) is 4.79 Å². The van der Waals surface area contributed by atoms with Gasteiger partial charge in [-0.25, -0.2) is 4.79 Å². The fourth-order valence-electron chi connectivity index (χ4n) is 1.20. The Kier molecular flexibility index (Phi) is 5.56. The smallest absolute Gasteiger partial charge is 0.335 e. The molecule has 0 fully saturated rings. The van der Waals surface area contributed by atoms with Crippen molar-refractivity contribution < 1.29 is 14.7 Å². The van der Waals surface area contributed by atoms with E-state index < -0.39 is 5.97 Å². The van der Waals surface area contributed by atoms with E-state index >= 15 is 0 Å². The van der Waals surface area contributed by atoms with E-state index in [9.17, 15) is 9.59 Å². The molecule has 1 aromatic rings. The van der Waals surface area contributed by atoms with Gasteiger partial charge < -0.3 is 10.4 Å². The number of benzene rings is 1. The summed E-state index contributed by atoms with van der Waals surface area (Å²) in [6.07, 6.45) is 1.05. The highest BCUT2D eigenvalue weighted by atomic mass is 32.2. The van der Waals surface area contributed by atoms with Crippen LogP contribution in [0.2, 0.25) is 0 Å². The average molecular weight is 253 g/mol. The Morgan fingerprint density at radius 2 is 1.94 bits per heavy atom. The summed E-state index contributed by atoms with van der Waals surface area (Å²) in [6.45, 7) is 2.07. The van der Waals surface area contributed by atoms with Gasteiger partial charge in [-0.1, -0.05) is 6.92 Å². The Morgan fingerprint density at radius 1 is 1.29 bits per heavy atom. The molecule has 0 radical (unpaired) electrons. The first-order valence-electron chi connectivity index (χ1n) is 5.34. The van der Waals surface area contributed by atoms with Gasteiger partial charge in [0.25, 0.3) is 0 Å². The molecule has 0 aliphatic heterocycles. The van der Waals surface area contributed by atoms with Crippen LogP contribution in [0.15, 0.2) is 24.3 Å². The molecule has 1 aromatic carbocycles. The predicted octanol–water partition coefficient (Wildman–Crippen LogP) is 2.47. The lowest BCUT2D eigenvalue weighted by Gasteiger charge is -2.05. The molecule has 0 unspecified atom stereocenters. The maximum Gasteiger partial charge on any atom is 0.335 e. The zero-order chi connectivity index (χ0) is 12.7. The van der Waals surface area contributed by atoms with Gasteiger partial charge >= 0.3 is 5.97 Å². The van der Waals surface area contributed by atoms with Crippen LogP contribution in [0.1, 0.15) is 23.7 Å². The minimum Gasteiger partial charge on any atom is -0.478 e. The van der Waals surface area contributed by atoms with E-state index in [-0.39, 0.29) is 11.5 Å². The van der Waals surface area contributed by atoms with Crippen molar-refractivity contribution in [1.29, 1.82) is 0 Å². The first-order chi connectivity index (χ1) is 8.13. The number of carbonyl (C=O) groups excluding carboxylic acids is 1. The fourth-order valence-corrected chi connectivity index (χ4v) is 1.89. The maximum atomic E-state index is 11.5. The fraction of sp³-hybridized carbons (Fsp3) is 0.333. The minimum absolute atomic E-state index is 0.0634. The minimum atomic E-state index is -0.971. The molecular formula is C12H15NO3S. The Balaban J connectivity index is 2.46. The summed E-state index contributed by atoms with van der Waals surface area (Å²) in [5.41, 5.74) is 0.834. The van der Waals surface area contributed by atoms with Gasteiger partial charge in [0.05, 0.1) is 11.3 Å². The van der Waals surface area contributed by atoms with E-state index in [1.54, 1.807) is 23.9 Å². The molecule has 1 rings (SSSR count). The Morgan fingerprint density at radius 3 is 2.47 bits per heavy atom. The van der Waals surface area contributed by atoms with E-state index in [2.05, 4.69) is 12.2 Å². The van der Waals surface area contributed by atoms with Crippen LogP contribution < -0.4 is 5.32 Å². The number of hydrogen-bond donors (Lipinski definition) is 2. The predicted molar refractivity (Wildman–Crippen MR) is 69.6 cm³/mol. The molecule has 5 heteroatoms. The first kappa shape index (κ1) is 13.6. The van der Waals surface area contributed by atoms with Crippen molar-refractivity contribution in [2.24, 2.45) is 0 Å². The van der Waals surface area contributed by atoms with Crippen molar-refractivity contribution in [2.45, 2.75) is 13.3 Å². The van der Waals surface area contributed by atoms with Gasteiger partial charge in [0.1, 0.15) is 0 Å². The average Bonchev–Trinajstić information content (AvgIpc) is 2.30. The molecule has 0 heterocycles. The van der Waals surface area contributed by atoms with Crippen LogP contribution in [0.3, 0.4) is 0 Å². The molecule has 1 amide bonds. The number of nitrogens with one attached hydrogen (secondary N) is 1. The number of aromatic carboxylic acids is 1. The third-order valence-corrected chi connectivity index (χ3v) is 3.16. The summed E-state index contributed by atoms with van der Waals surface area (Å²) in [5.74, 6) is 0.354. The van der Waals surface area contributed by atoms with Crippen LogP contribution in [0.25, 0.3) is 0 Å². The second-order valence-electron chi connectivity index (χ2n) is 3.48. The highest BCUT2D eigenvalue weighted by Crippen LogP contribution is 2.10. The molecule has 4 nitrogen and oxygen atoms in total. The summed E-state index contributed by atoms with van der Waals surface area (Å²) in [5, 5.41) is 11.4. The molecule has 0 aromatic heterocycles. The lowest BCUT2D eigenvalue weighted by molar-refractivity contribution is -0.113. The van der Waals surface area contributed by atoms with Crippen molar-refractivity contribution in [2.75, 3.05) is 16.8 Å². The van der Waals surface area contributed by atoms with Crippen molar-refractivity contribution in [1.82, 2.24) is 0 Å². The van der Waals surface area contributed by atoms with Crippen LogP contribution in [0.4, 0.5) is 5.69 Å². The number of thioether (sulfide) groups is 1. The number of amides is 1. The lowest BCUT2D eigenvalue weighted by atomic mass is 10.2. The standard InChI is InChI=1S/C12H15NO3S/c1-2-7-17-8-11(14)13-10-5-3-9(4-6-10)12(15)16/h3-6H,2,7-8H2,1H3,(H,13,14)(H,15,16). The second-order valence-corrected chi connectivity index (χ2v) is 4.59. The summed E-state index contributed by atoms with van der Waals surface area (Å²) < 4.78 is 0. The largest absolute Gasteiger partial charge is 0.478 e. The van der Waals surface area contributed by atoms with Crippen LogP contribution >= 0.6 is 11.8 Å². The van der Waals surface area contributed by atoms with Gasteiger partial charge in [-0.05, 0) is 36.4 Å². The van der Waals surface area contributed by atoms with Gasteiger partial charge in [-0.15, -0.1) is 0 Å². The topological polar surface area (TPSA) is 66.4 Å². The van der Waals surface area contributed by atoms with Crippen molar-refractivity contribution in [3.8, 4) is 0 Å². The van der Waals surface area contributed by atoms with Gasteiger partial charge in [-0.3, -0.25) is 4.79 Å². The number of carbonyl (C=O) groups is 2. The zero-order valence-corrected chi connectivity index (χ0v) is 10.4. The van der Waals surface area contributed by atoms with E-state index in [1.165, 1.54) is 12.1 Å². The van der Waals surface area contributed by atoms with Crippen LogP contribution in [0.5, 0.6) is 0 Å². The van der Waals surface area contributed by atoms with Crippen LogP contribution in [-0.4, -0.2) is 28.5 Å². The number of anilines is 1. The molecule has 0 aliphatic rings. The van der Waals surface area contributed by atoms with E-state index in [0.717, 1.165) is 12.2 Å². The second kappa shape index (κ2) is 6.96. The monoisotopic (exact) mass is 253 g/mol. The maximum absolute atomic E-state index is 11.5. The van der Waals surface area contributed by atoms with E-state index in [0.29, 0.717) is 11.4 Å². The lowest BCUT2D eigenvalue weighted by Crippen LogP contribution is -2.14. The molecule has 0 saturated carbocycles. The Labute approximate surface area is 104 Å². The van der Waals surface area contributed by atoms with Gasteiger partial charge in [0.2, 0.25) is 5.91 Å². The molecule has 0 spiro atoms. The molecule has 92 valence electrons. The van der Waals surface area contributed by atoms with Crippen LogP contribution in [0, 0.1) is 0 Å². The SMILES string of the molecule is CCCSCC(=O)Nc1ccc(C(=O)O)cc1. The van der Waals surface area contributed by atoms with Crippen molar-refractivity contribution >= 4 is 29.3 Å². The van der Waals surface area contributed by atoms with E-state index in [4.69, 9.17) is 5.11 Å². The van der Waals surface area contributed by atoms with Crippen molar-refractivity contribution in [3.63, 3.8) is 0 Å². The summed E-state index contributed by atoms with van der Waals surface area (Å²) in [6, 6.07) is 6.12. The molecule has 0 bridgehead atoms. The first-order valence-corrected chi connectivity index (χ1v) is 6.50. The molecule has 0 aliphatic carbocycles. The van der Waals surface area contributed by atoms with Crippen molar-refractivity contribution in [3.05, 3.63) is 29.8 Å². The number of carboxylic acids is 1. The Bertz CT molecular complexity index is 389. The highest BCUT2D eigenvalue weighted by molar-refractivity contribution is 7.99. The van der Waals surface area contributed by atoms with Gasteiger partial charge in [-0.2, -0.15) is 11.8 Å². The zero-order valence-electron chi connectivity index (χ0n) is 9.60. The summed E-state index contributed by atoms with van der Waals surface area (Å²) >= 11 is 1.58. The normalized spacial score (nSPS) is 9.94. The molecular weight excluding hydrogens is 238 g/mol. The summed E-state index contributed by atoms with van der Waals surface area (Å²) in [4.78, 5) is 22.1.